The smallest absolute Gasteiger partial charge is 0.240 e. The van der Waals surface area contributed by atoms with Crippen LogP contribution in [-0.2, 0) is 29.4 Å². The van der Waals surface area contributed by atoms with Gasteiger partial charge in [-0.1, -0.05) is 25.5 Å². The molecule has 0 saturated heterocycles. The van der Waals surface area contributed by atoms with Gasteiger partial charge in [-0.25, -0.2) is 13.1 Å². The second-order valence-corrected chi connectivity index (χ2v) is 9.41. The summed E-state index contributed by atoms with van der Waals surface area (Å²) in [5.74, 6) is 1.51. The van der Waals surface area contributed by atoms with Crippen LogP contribution in [-0.4, -0.2) is 47.2 Å². The van der Waals surface area contributed by atoms with Crippen molar-refractivity contribution >= 4 is 22.4 Å². The first kappa shape index (κ1) is 25.5. The third kappa shape index (κ3) is 6.59. The molecule has 0 atom stereocenters. The van der Waals surface area contributed by atoms with Crippen LogP contribution in [0.5, 0.6) is 11.5 Å². The van der Waals surface area contributed by atoms with Crippen LogP contribution in [0.2, 0.25) is 0 Å². The molecule has 1 heterocycles. The van der Waals surface area contributed by atoms with E-state index in [2.05, 4.69) is 22.6 Å². The fourth-order valence-electron chi connectivity index (χ4n) is 3.85. The van der Waals surface area contributed by atoms with Crippen LogP contribution in [0.1, 0.15) is 36.5 Å². The van der Waals surface area contributed by atoms with Gasteiger partial charge in [0.15, 0.2) is 11.5 Å². The second kappa shape index (κ2) is 11.7. The number of sulfonamides is 1. The van der Waals surface area contributed by atoms with Crippen LogP contribution in [0, 0.1) is 0 Å². The zero-order valence-electron chi connectivity index (χ0n) is 18.5. The van der Waals surface area contributed by atoms with Crippen molar-refractivity contribution in [3.05, 3.63) is 53.1 Å². The van der Waals surface area contributed by atoms with Gasteiger partial charge in [0, 0.05) is 19.6 Å². The van der Waals surface area contributed by atoms with Crippen molar-refractivity contribution in [2.24, 2.45) is 0 Å². The molecule has 0 aromatic heterocycles. The molecule has 1 aliphatic rings. The summed E-state index contributed by atoms with van der Waals surface area (Å²) in [6.45, 7) is 5.16. The van der Waals surface area contributed by atoms with Crippen LogP contribution in [0.15, 0.2) is 41.3 Å². The number of benzene rings is 2. The first-order valence-electron chi connectivity index (χ1n) is 10.5. The van der Waals surface area contributed by atoms with E-state index in [9.17, 15) is 8.42 Å². The zero-order chi connectivity index (χ0) is 21.6. The Morgan fingerprint density at radius 1 is 1.03 bits per heavy atom. The maximum absolute atomic E-state index is 12.5. The van der Waals surface area contributed by atoms with E-state index < -0.39 is 10.0 Å². The van der Waals surface area contributed by atoms with Gasteiger partial charge in [0.1, 0.15) is 0 Å². The van der Waals surface area contributed by atoms with Crippen LogP contribution >= 0.6 is 12.4 Å². The van der Waals surface area contributed by atoms with Gasteiger partial charge in [0.2, 0.25) is 10.0 Å². The molecular formula is C23H33ClN2O4S. The van der Waals surface area contributed by atoms with Crippen LogP contribution in [0.25, 0.3) is 0 Å². The van der Waals surface area contributed by atoms with E-state index in [1.165, 1.54) is 11.1 Å². The number of rotatable bonds is 10. The Hall–Kier alpha value is -1.80. The zero-order valence-corrected chi connectivity index (χ0v) is 20.2. The molecule has 6 nitrogen and oxygen atoms in total. The summed E-state index contributed by atoms with van der Waals surface area (Å²) in [4.78, 5) is 2.68. The monoisotopic (exact) mass is 468 g/mol. The lowest BCUT2D eigenvalue weighted by Gasteiger charge is -2.29. The molecule has 0 amide bonds. The normalized spacial score (nSPS) is 13.9. The summed E-state index contributed by atoms with van der Waals surface area (Å²) in [7, 11) is -0.159. The number of ether oxygens (including phenoxy) is 2. The molecule has 3 rings (SSSR count). The summed E-state index contributed by atoms with van der Waals surface area (Å²) in [5.41, 5.74) is 3.69. The van der Waals surface area contributed by atoms with Gasteiger partial charge >= 0.3 is 0 Å². The standard InChI is InChI=1S/C23H32N2O4S.ClH/c1-4-6-18-7-9-21(10-8-18)30(26,27)24-12-5-13-25-14-11-19-15-22(28-2)23(29-3)16-20(19)17-25;/h7-10,15-16,24H,4-6,11-14,17H2,1-3H3;1H. The molecule has 1 aliphatic heterocycles. The van der Waals surface area contributed by atoms with E-state index in [0.717, 1.165) is 62.4 Å². The lowest BCUT2D eigenvalue weighted by molar-refractivity contribution is 0.250. The van der Waals surface area contributed by atoms with Crippen molar-refractivity contribution in [3.8, 4) is 11.5 Å². The maximum Gasteiger partial charge on any atom is 0.240 e. The third-order valence-electron chi connectivity index (χ3n) is 5.51. The molecule has 0 aliphatic carbocycles. The largest absolute Gasteiger partial charge is 0.493 e. The van der Waals surface area contributed by atoms with Crippen molar-refractivity contribution in [1.29, 1.82) is 0 Å². The van der Waals surface area contributed by atoms with E-state index >= 15 is 0 Å². The molecule has 2 aromatic rings. The lowest BCUT2D eigenvalue weighted by atomic mass is 9.98. The summed E-state index contributed by atoms with van der Waals surface area (Å²) < 4.78 is 38.5. The molecule has 0 bridgehead atoms. The minimum Gasteiger partial charge on any atom is -0.493 e. The Labute approximate surface area is 192 Å². The van der Waals surface area contributed by atoms with Crippen molar-refractivity contribution < 1.29 is 17.9 Å². The maximum atomic E-state index is 12.5. The number of nitrogens with zero attached hydrogens (tertiary/aromatic N) is 1. The fourth-order valence-corrected chi connectivity index (χ4v) is 4.92. The number of hydrogen-bond donors (Lipinski definition) is 1. The number of fused-ring (bicyclic) bond motifs is 1. The average molecular weight is 469 g/mol. The summed E-state index contributed by atoms with van der Waals surface area (Å²) in [6.07, 6.45) is 3.72. The summed E-state index contributed by atoms with van der Waals surface area (Å²) in [6, 6.07) is 11.3. The molecule has 0 fully saturated rings. The summed E-state index contributed by atoms with van der Waals surface area (Å²) in [5, 5.41) is 0. The van der Waals surface area contributed by atoms with Crippen molar-refractivity contribution in [2.45, 2.75) is 44.0 Å². The van der Waals surface area contributed by atoms with Crippen molar-refractivity contribution in [2.75, 3.05) is 33.9 Å². The Morgan fingerprint density at radius 2 is 1.68 bits per heavy atom. The molecule has 31 heavy (non-hydrogen) atoms. The molecule has 8 heteroatoms. The number of nitrogens with one attached hydrogen (secondary N) is 1. The SMILES string of the molecule is CCCc1ccc(S(=O)(=O)NCCCN2CCc3cc(OC)c(OC)cc3C2)cc1.Cl. The highest BCUT2D eigenvalue weighted by Gasteiger charge is 2.19. The molecule has 2 aromatic carbocycles. The van der Waals surface area contributed by atoms with Gasteiger partial charge in [-0.2, -0.15) is 0 Å². The highest BCUT2D eigenvalue weighted by atomic mass is 35.5. The minimum atomic E-state index is -3.46. The topological polar surface area (TPSA) is 67.9 Å². The van der Waals surface area contributed by atoms with Crippen LogP contribution in [0.4, 0.5) is 0 Å². The van der Waals surface area contributed by atoms with E-state index in [1.807, 2.05) is 18.2 Å². The number of hydrogen-bond acceptors (Lipinski definition) is 5. The van der Waals surface area contributed by atoms with Crippen LogP contribution < -0.4 is 14.2 Å². The highest BCUT2D eigenvalue weighted by molar-refractivity contribution is 7.89. The van der Waals surface area contributed by atoms with Crippen molar-refractivity contribution in [3.63, 3.8) is 0 Å². The average Bonchev–Trinajstić information content (AvgIpc) is 2.76. The van der Waals surface area contributed by atoms with E-state index in [4.69, 9.17) is 9.47 Å². The number of methoxy groups -OCH3 is 2. The van der Waals surface area contributed by atoms with Gasteiger partial charge in [-0.05, 0) is 66.8 Å². The van der Waals surface area contributed by atoms with E-state index in [-0.39, 0.29) is 12.4 Å². The molecule has 0 unspecified atom stereocenters. The van der Waals surface area contributed by atoms with Gasteiger partial charge in [-0.3, -0.25) is 4.90 Å². The van der Waals surface area contributed by atoms with Gasteiger partial charge in [0.05, 0.1) is 19.1 Å². The first-order chi connectivity index (χ1) is 14.5. The van der Waals surface area contributed by atoms with E-state index in [0.29, 0.717) is 11.4 Å². The Kier molecular flexibility index (Phi) is 9.62. The quantitative estimate of drug-likeness (QED) is 0.537. The van der Waals surface area contributed by atoms with Crippen molar-refractivity contribution in [1.82, 2.24) is 9.62 Å². The van der Waals surface area contributed by atoms with Gasteiger partial charge < -0.3 is 9.47 Å². The molecule has 0 spiro atoms. The highest BCUT2D eigenvalue weighted by Crippen LogP contribution is 2.33. The predicted molar refractivity (Wildman–Crippen MR) is 126 cm³/mol. The Morgan fingerprint density at radius 3 is 2.29 bits per heavy atom. The Balaban J connectivity index is 0.00000341. The molecule has 1 N–H and O–H groups in total. The minimum absolute atomic E-state index is 0. The van der Waals surface area contributed by atoms with Crippen LogP contribution in [0.3, 0.4) is 0 Å². The molecule has 0 saturated carbocycles. The molecule has 0 radical (unpaired) electrons. The molecular weight excluding hydrogens is 436 g/mol. The first-order valence-corrected chi connectivity index (χ1v) is 12.0. The molecule has 172 valence electrons. The lowest BCUT2D eigenvalue weighted by Crippen LogP contribution is -2.33. The third-order valence-corrected chi connectivity index (χ3v) is 6.99. The fraction of sp³-hybridized carbons (Fsp3) is 0.478. The second-order valence-electron chi connectivity index (χ2n) is 7.65. The number of aryl methyl sites for hydroxylation is 1. The van der Waals surface area contributed by atoms with Gasteiger partial charge in [-0.15, -0.1) is 12.4 Å². The summed E-state index contributed by atoms with van der Waals surface area (Å²) >= 11 is 0. The number of halogens is 1. The predicted octanol–water partition coefficient (Wildman–Crippen LogP) is 3.80. The van der Waals surface area contributed by atoms with E-state index in [1.54, 1.807) is 26.4 Å². The Bertz CT molecular complexity index is 949. The van der Waals surface area contributed by atoms with Gasteiger partial charge in [0.25, 0.3) is 0 Å².